The van der Waals surface area contributed by atoms with Crippen LogP contribution in [0.5, 0.6) is 5.75 Å². The summed E-state index contributed by atoms with van der Waals surface area (Å²) in [5, 5.41) is 25.7. The van der Waals surface area contributed by atoms with Gasteiger partial charge in [0, 0.05) is 11.5 Å². The molecular formula is C24H26ClF3N2O3. The Morgan fingerprint density at radius 2 is 1.88 bits per heavy atom. The molecule has 3 aliphatic rings. The highest BCUT2D eigenvalue weighted by Gasteiger charge is 2.51. The zero-order valence-corrected chi connectivity index (χ0v) is 18.6. The van der Waals surface area contributed by atoms with E-state index in [1.807, 2.05) is 30.3 Å². The number of halogens is 4. The van der Waals surface area contributed by atoms with Crippen LogP contribution in [0, 0.1) is 5.92 Å². The van der Waals surface area contributed by atoms with Gasteiger partial charge in [0.1, 0.15) is 5.75 Å². The summed E-state index contributed by atoms with van der Waals surface area (Å²) in [6.07, 6.45) is 2.40. The van der Waals surface area contributed by atoms with E-state index in [1.54, 1.807) is 0 Å². The lowest BCUT2D eigenvalue weighted by Crippen LogP contribution is -2.59. The topological polar surface area (TPSA) is 81.6 Å². The highest BCUT2D eigenvalue weighted by molar-refractivity contribution is 6.33. The number of nitrogens with one attached hydrogen (secondary N) is 2. The highest BCUT2D eigenvalue weighted by atomic mass is 35.5. The van der Waals surface area contributed by atoms with Crippen molar-refractivity contribution in [3.8, 4) is 5.75 Å². The first kappa shape index (κ1) is 23.7. The van der Waals surface area contributed by atoms with Crippen molar-refractivity contribution in [2.75, 3.05) is 11.9 Å². The third-order valence-electron chi connectivity index (χ3n) is 7.14. The van der Waals surface area contributed by atoms with Crippen molar-refractivity contribution in [1.82, 2.24) is 5.32 Å². The quantitative estimate of drug-likeness (QED) is 0.409. The van der Waals surface area contributed by atoms with Gasteiger partial charge in [-0.1, -0.05) is 36.6 Å². The van der Waals surface area contributed by atoms with Gasteiger partial charge in [0.25, 0.3) is 0 Å². The van der Waals surface area contributed by atoms with Crippen molar-refractivity contribution in [3.05, 3.63) is 52.5 Å². The van der Waals surface area contributed by atoms with Crippen LogP contribution in [0.25, 0.3) is 0 Å². The minimum absolute atomic E-state index is 0.266. The first-order valence-electron chi connectivity index (χ1n) is 11.0. The summed E-state index contributed by atoms with van der Waals surface area (Å²) in [5.74, 6) is -1.70. The number of carboxylic acid groups (broad SMARTS) is 1. The number of alkyl halides is 3. The smallest absolute Gasteiger partial charge is 0.490 e. The Labute approximate surface area is 195 Å². The van der Waals surface area contributed by atoms with E-state index >= 15 is 0 Å². The molecule has 2 bridgehead atoms. The maximum atomic E-state index is 10.8. The zero-order valence-electron chi connectivity index (χ0n) is 17.9. The third kappa shape index (κ3) is 4.64. The molecule has 33 heavy (non-hydrogen) atoms. The second-order valence-corrected chi connectivity index (χ2v) is 9.36. The molecule has 2 aliphatic carbocycles. The van der Waals surface area contributed by atoms with Gasteiger partial charge in [-0.2, -0.15) is 13.2 Å². The maximum absolute atomic E-state index is 10.8. The summed E-state index contributed by atoms with van der Waals surface area (Å²) in [4.78, 5) is 8.90. The fourth-order valence-electron chi connectivity index (χ4n) is 5.78. The molecule has 9 heteroatoms. The van der Waals surface area contributed by atoms with Gasteiger partial charge in [0.15, 0.2) is 0 Å². The minimum atomic E-state index is -5.08. The Balaban J connectivity index is 0.000000325. The second-order valence-electron chi connectivity index (χ2n) is 8.96. The summed E-state index contributed by atoms with van der Waals surface area (Å²) < 4.78 is 31.7. The lowest BCUT2D eigenvalue weighted by Gasteiger charge is -2.56. The molecule has 1 aliphatic heterocycles. The van der Waals surface area contributed by atoms with Gasteiger partial charge in [-0.15, -0.1) is 0 Å². The minimum Gasteiger partial charge on any atom is -0.506 e. The van der Waals surface area contributed by atoms with Gasteiger partial charge in [-0.3, -0.25) is 0 Å². The molecule has 3 atom stereocenters. The van der Waals surface area contributed by atoms with Gasteiger partial charge in [-0.05, 0) is 73.5 Å². The average Bonchev–Trinajstić information content (AvgIpc) is 2.76. The molecule has 0 amide bonds. The number of anilines is 2. The molecular weight excluding hydrogens is 457 g/mol. The summed E-state index contributed by atoms with van der Waals surface area (Å²) in [5.41, 5.74) is 4.63. The molecule has 1 saturated heterocycles. The first-order valence-corrected chi connectivity index (χ1v) is 11.4. The molecule has 2 aromatic rings. The van der Waals surface area contributed by atoms with E-state index in [0.29, 0.717) is 16.8 Å². The first-order chi connectivity index (χ1) is 15.6. The molecule has 178 valence electrons. The fourth-order valence-corrected chi connectivity index (χ4v) is 5.96. The Morgan fingerprint density at radius 1 is 1.15 bits per heavy atom. The van der Waals surface area contributed by atoms with E-state index < -0.39 is 12.1 Å². The van der Waals surface area contributed by atoms with Crippen LogP contribution in [0.15, 0.2) is 36.4 Å². The normalized spacial score (nSPS) is 25.7. The van der Waals surface area contributed by atoms with Crippen molar-refractivity contribution in [1.29, 1.82) is 0 Å². The largest absolute Gasteiger partial charge is 0.506 e. The van der Waals surface area contributed by atoms with Crippen molar-refractivity contribution < 1.29 is 28.2 Å². The highest BCUT2D eigenvalue weighted by Crippen LogP contribution is 2.55. The predicted octanol–water partition coefficient (Wildman–Crippen LogP) is 5.77. The van der Waals surface area contributed by atoms with Crippen LogP contribution in [0.2, 0.25) is 5.02 Å². The lowest BCUT2D eigenvalue weighted by molar-refractivity contribution is -0.192. The number of fused-ring (bicyclic) bond motifs is 1. The molecule has 2 aromatic carbocycles. The van der Waals surface area contributed by atoms with Crippen LogP contribution in [0.1, 0.15) is 43.2 Å². The van der Waals surface area contributed by atoms with E-state index in [-0.39, 0.29) is 5.41 Å². The number of piperidine rings is 1. The number of phenolic OH excluding ortho intramolecular Hbond substituents is 1. The van der Waals surface area contributed by atoms with Crippen molar-refractivity contribution in [3.63, 3.8) is 0 Å². The van der Waals surface area contributed by atoms with Crippen molar-refractivity contribution in [2.45, 2.75) is 56.2 Å². The summed E-state index contributed by atoms with van der Waals surface area (Å²) in [6, 6.07) is 12.4. The van der Waals surface area contributed by atoms with E-state index in [9.17, 15) is 18.3 Å². The number of benzene rings is 2. The van der Waals surface area contributed by atoms with E-state index in [2.05, 4.69) is 16.7 Å². The SMILES string of the molecule is O=C(O)C(F)(F)F.Oc1cc2c(cc1Nc1ccccc1Cl)C[C@@H]1NCC[C@]23CCCC[C@H]13. The molecule has 5 rings (SSSR count). The molecule has 0 radical (unpaired) electrons. The number of para-hydroxylation sites is 1. The number of carboxylic acids is 1. The number of hydrogen-bond donors (Lipinski definition) is 4. The second kappa shape index (κ2) is 9.06. The number of carbonyl (C=O) groups is 1. The molecule has 0 spiro atoms. The number of aromatic hydroxyl groups is 1. The van der Waals surface area contributed by atoms with E-state index in [4.69, 9.17) is 21.5 Å². The van der Waals surface area contributed by atoms with Crippen LogP contribution in [0.3, 0.4) is 0 Å². The Hall–Kier alpha value is -2.45. The molecule has 0 unspecified atom stereocenters. The zero-order chi connectivity index (χ0) is 23.8. The Kier molecular flexibility index (Phi) is 6.51. The van der Waals surface area contributed by atoms with Gasteiger partial charge < -0.3 is 20.8 Å². The molecule has 0 aromatic heterocycles. The van der Waals surface area contributed by atoms with Crippen LogP contribution in [-0.4, -0.2) is 34.9 Å². The summed E-state index contributed by atoms with van der Waals surface area (Å²) >= 11 is 6.28. The van der Waals surface area contributed by atoms with Gasteiger partial charge >= 0.3 is 12.1 Å². The molecule has 1 heterocycles. The van der Waals surface area contributed by atoms with Crippen molar-refractivity contribution in [2.24, 2.45) is 5.92 Å². The number of phenols is 1. The van der Waals surface area contributed by atoms with Crippen LogP contribution >= 0.6 is 11.6 Å². The molecule has 4 N–H and O–H groups in total. The maximum Gasteiger partial charge on any atom is 0.490 e. The summed E-state index contributed by atoms with van der Waals surface area (Å²) in [7, 11) is 0. The molecule has 2 fully saturated rings. The number of hydrogen-bond acceptors (Lipinski definition) is 4. The van der Waals surface area contributed by atoms with Gasteiger partial charge in [-0.25, -0.2) is 4.79 Å². The third-order valence-corrected chi connectivity index (χ3v) is 7.47. The molecule has 5 nitrogen and oxygen atoms in total. The monoisotopic (exact) mass is 482 g/mol. The van der Waals surface area contributed by atoms with Gasteiger partial charge in [0.2, 0.25) is 0 Å². The van der Waals surface area contributed by atoms with Crippen LogP contribution < -0.4 is 10.6 Å². The lowest BCUT2D eigenvalue weighted by atomic mass is 9.53. The predicted molar refractivity (Wildman–Crippen MR) is 120 cm³/mol. The summed E-state index contributed by atoms with van der Waals surface area (Å²) in [6.45, 7) is 1.10. The number of aliphatic carboxylic acids is 1. The van der Waals surface area contributed by atoms with E-state index in [1.165, 1.54) is 43.2 Å². The van der Waals surface area contributed by atoms with Crippen LogP contribution in [-0.2, 0) is 16.6 Å². The molecule has 1 saturated carbocycles. The van der Waals surface area contributed by atoms with Gasteiger partial charge in [0.05, 0.1) is 16.4 Å². The van der Waals surface area contributed by atoms with Crippen molar-refractivity contribution >= 4 is 28.9 Å². The standard InChI is InChI=1S/C22H25ClN2O.C2HF3O2/c23-17-6-1-2-7-18(17)25-20-12-14-11-19-15-5-3-4-8-22(15,9-10-24-19)16(14)13-21(20)26;3-2(4,5)1(6)7/h1-2,6-7,12-13,15,19,24-26H,3-5,8-11H2;(H,6,7)/t15-,19+,22+;/m1./s1. The average molecular weight is 483 g/mol. The number of rotatable bonds is 2. The Bertz CT molecular complexity index is 1040. The Morgan fingerprint density at radius 3 is 2.58 bits per heavy atom. The van der Waals surface area contributed by atoms with E-state index in [0.717, 1.165) is 30.3 Å². The van der Waals surface area contributed by atoms with Crippen LogP contribution in [0.4, 0.5) is 24.5 Å². The fraction of sp³-hybridized carbons (Fsp3) is 0.458.